The molecular weight excluding hydrogens is 374 g/mol. The van der Waals surface area contributed by atoms with Crippen LogP contribution in [0.15, 0.2) is 33.3 Å². The molecule has 19 heavy (non-hydrogen) atoms. The zero-order valence-electron chi connectivity index (χ0n) is 10.6. The van der Waals surface area contributed by atoms with Gasteiger partial charge in [0.15, 0.2) is 0 Å². The van der Waals surface area contributed by atoms with Gasteiger partial charge >= 0.3 is 0 Å². The van der Waals surface area contributed by atoms with Gasteiger partial charge in [-0.25, -0.2) is 0 Å². The third-order valence-electron chi connectivity index (χ3n) is 2.95. The first-order chi connectivity index (χ1) is 8.99. The Labute approximate surface area is 128 Å². The normalized spacial score (nSPS) is 10.5. The van der Waals surface area contributed by atoms with Crippen LogP contribution in [-0.2, 0) is 13.6 Å². The van der Waals surface area contributed by atoms with Gasteiger partial charge in [-0.05, 0) is 41.1 Å². The Kier molecular flexibility index (Phi) is 4.42. The van der Waals surface area contributed by atoms with Crippen LogP contribution >= 0.6 is 31.9 Å². The lowest BCUT2D eigenvalue weighted by molar-refractivity contribution is 0.0950. The van der Waals surface area contributed by atoms with E-state index in [1.165, 1.54) is 0 Å². The number of amides is 1. The number of carbonyl (C=O) groups is 1. The molecule has 100 valence electrons. The average molecular weight is 387 g/mol. The molecule has 0 saturated heterocycles. The zero-order chi connectivity index (χ0) is 14.0. The fourth-order valence-electron chi connectivity index (χ4n) is 1.66. The first-order valence-electron chi connectivity index (χ1n) is 5.69. The maximum atomic E-state index is 12.1. The number of nitrogens with zero attached hydrogens (tertiary/aromatic N) is 2. The molecule has 0 unspecified atom stereocenters. The summed E-state index contributed by atoms with van der Waals surface area (Å²) in [7, 11) is 1.88. The van der Waals surface area contributed by atoms with Gasteiger partial charge in [0.2, 0.25) is 0 Å². The van der Waals surface area contributed by atoms with Crippen LogP contribution in [0.2, 0.25) is 0 Å². The van der Waals surface area contributed by atoms with Crippen molar-refractivity contribution in [3.8, 4) is 0 Å². The molecule has 0 radical (unpaired) electrons. The molecule has 0 fully saturated rings. The van der Waals surface area contributed by atoms with E-state index in [1.807, 2.05) is 26.1 Å². The van der Waals surface area contributed by atoms with E-state index in [0.29, 0.717) is 12.1 Å². The van der Waals surface area contributed by atoms with E-state index in [9.17, 15) is 4.79 Å². The molecule has 1 amide bonds. The summed E-state index contributed by atoms with van der Waals surface area (Å²) in [6, 6.07) is 5.51. The highest BCUT2D eigenvalue weighted by atomic mass is 79.9. The van der Waals surface area contributed by atoms with E-state index in [0.717, 1.165) is 20.2 Å². The van der Waals surface area contributed by atoms with Crippen LogP contribution in [0.1, 0.15) is 21.6 Å². The molecule has 1 N–H and O–H groups in total. The van der Waals surface area contributed by atoms with Gasteiger partial charge < -0.3 is 5.32 Å². The molecular formula is C13H13Br2N3O. The molecule has 0 bridgehead atoms. The second-order valence-electron chi connectivity index (χ2n) is 4.19. The maximum Gasteiger partial charge on any atom is 0.252 e. The fraction of sp³-hybridized carbons (Fsp3) is 0.231. The lowest BCUT2D eigenvalue weighted by Crippen LogP contribution is -2.23. The van der Waals surface area contributed by atoms with E-state index in [2.05, 4.69) is 42.3 Å². The molecule has 1 aromatic carbocycles. The number of aromatic nitrogens is 2. The molecule has 1 heterocycles. The summed E-state index contributed by atoms with van der Waals surface area (Å²) in [5, 5.41) is 7.04. The third kappa shape index (κ3) is 3.25. The van der Waals surface area contributed by atoms with Gasteiger partial charge in [-0.1, -0.05) is 15.9 Å². The van der Waals surface area contributed by atoms with Crippen molar-refractivity contribution in [2.45, 2.75) is 13.5 Å². The monoisotopic (exact) mass is 385 g/mol. The van der Waals surface area contributed by atoms with Crippen molar-refractivity contribution in [2.75, 3.05) is 0 Å². The Balaban J connectivity index is 2.09. The minimum absolute atomic E-state index is 0.114. The van der Waals surface area contributed by atoms with E-state index < -0.39 is 0 Å². The topological polar surface area (TPSA) is 46.9 Å². The number of carbonyl (C=O) groups excluding carboxylic acids is 1. The zero-order valence-corrected chi connectivity index (χ0v) is 13.7. The van der Waals surface area contributed by atoms with Crippen LogP contribution in [-0.4, -0.2) is 15.7 Å². The Morgan fingerprint density at radius 3 is 2.79 bits per heavy atom. The van der Waals surface area contributed by atoms with Gasteiger partial charge in [0, 0.05) is 33.8 Å². The number of nitrogens with one attached hydrogen (secondary N) is 1. The van der Waals surface area contributed by atoms with E-state index in [4.69, 9.17) is 0 Å². The second kappa shape index (κ2) is 5.88. The quantitative estimate of drug-likeness (QED) is 0.880. The second-order valence-corrected chi connectivity index (χ2v) is 5.96. The Bertz CT molecular complexity index is 622. The third-order valence-corrected chi connectivity index (χ3v) is 4.13. The summed E-state index contributed by atoms with van der Waals surface area (Å²) in [6.07, 6.45) is 1.77. The summed E-state index contributed by atoms with van der Waals surface area (Å²) in [6.45, 7) is 2.45. The van der Waals surface area contributed by atoms with Crippen molar-refractivity contribution in [3.63, 3.8) is 0 Å². The first kappa shape index (κ1) is 14.3. The van der Waals surface area contributed by atoms with Crippen LogP contribution in [0.5, 0.6) is 0 Å². The minimum atomic E-state index is -0.114. The smallest absolute Gasteiger partial charge is 0.252 e. The van der Waals surface area contributed by atoms with Crippen LogP contribution in [0.4, 0.5) is 0 Å². The summed E-state index contributed by atoms with van der Waals surface area (Å²) < 4.78 is 3.44. The van der Waals surface area contributed by atoms with Crippen LogP contribution in [0.3, 0.4) is 0 Å². The SMILES string of the molecule is Cc1c(CNC(=O)c2cc(Br)ccc2Br)cnn1C. The average Bonchev–Trinajstić information content (AvgIpc) is 2.70. The number of benzene rings is 1. The van der Waals surface area contributed by atoms with Crippen molar-refractivity contribution < 1.29 is 4.79 Å². The minimum Gasteiger partial charge on any atom is -0.348 e. The Morgan fingerprint density at radius 2 is 2.16 bits per heavy atom. The summed E-state index contributed by atoms with van der Waals surface area (Å²) in [5.41, 5.74) is 2.67. The summed E-state index contributed by atoms with van der Waals surface area (Å²) in [4.78, 5) is 12.1. The molecule has 2 rings (SSSR count). The predicted molar refractivity (Wildman–Crippen MR) is 81.0 cm³/mol. The molecule has 0 aliphatic carbocycles. The van der Waals surface area contributed by atoms with E-state index >= 15 is 0 Å². The molecule has 0 atom stereocenters. The lowest BCUT2D eigenvalue weighted by atomic mass is 10.2. The highest BCUT2D eigenvalue weighted by molar-refractivity contribution is 9.11. The molecule has 1 aromatic heterocycles. The van der Waals surface area contributed by atoms with Gasteiger partial charge in [0.1, 0.15) is 0 Å². The summed E-state index contributed by atoms with van der Waals surface area (Å²) in [5.74, 6) is -0.114. The van der Waals surface area contributed by atoms with Gasteiger partial charge in [0.05, 0.1) is 11.8 Å². The van der Waals surface area contributed by atoms with E-state index in [1.54, 1.807) is 16.9 Å². The van der Waals surface area contributed by atoms with Gasteiger partial charge in [-0.2, -0.15) is 5.10 Å². The molecule has 0 saturated carbocycles. The Morgan fingerprint density at radius 1 is 1.42 bits per heavy atom. The van der Waals surface area contributed by atoms with Crippen molar-refractivity contribution in [1.82, 2.24) is 15.1 Å². The molecule has 2 aromatic rings. The standard InChI is InChI=1S/C13H13Br2N3O/c1-8-9(7-17-18(8)2)6-16-13(19)11-5-10(14)3-4-12(11)15/h3-5,7H,6H2,1-2H3,(H,16,19). The number of hydrogen-bond donors (Lipinski definition) is 1. The number of aryl methyl sites for hydroxylation is 1. The highest BCUT2D eigenvalue weighted by Crippen LogP contribution is 2.21. The van der Waals surface area contributed by atoms with E-state index in [-0.39, 0.29) is 5.91 Å². The number of hydrogen-bond acceptors (Lipinski definition) is 2. The lowest BCUT2D eigenvalue weighted by Gasteiger charge is -2.07. The maximum absolute atomic E-state index is 12.1. The van der Waals surface area contributed by atoms with Crippen molar-refractivity contribution in [3.05, 3.63) is 50.2 Å². The van der Waals surface area contributed by atoms with Crippen molar-refractivity contribution >= 4 is 37.8 Å². The molecule has 0 aliphatic rings. The van der Waals surface area contributed by atoms with Crippen molar-refractivity contribution in [2.24, 2.45) is 7.05 Å². The Hall–Kier alpha value is -1.14. The molecule has 6 heteroatoms. The van der Waals surface area contributed by atoms with Gasteiger partial charge in [-0.15, -0.1) is 0 Å². The van der Waals surface area contributed by atoms with Crippen LogP contribution in [0, 0.1) is 6.92 Å². The predicted octanol–water partition coefficient (Wildman–Crippen LogP) is 3.18. The highest BCUT2D eigenvalue weighted by Gasteiger charge is 2.11. The molecule has 0 spiro atoms. The summed E-state index contributed by atoms with van der Waals surface area (Å²) >= 11 is 6.74. The number of halogens is 2. The largest absolute Gasteiger partial charge is 0.348 e. The molecule has 0 aliphatic heterocycles. The number of rotatable bonds is 3. The van der Waals surface area contributed by atoms with Gasteiger partial charge in [-0.3, -0.25) is 9.48 Å². The molecule has 4 nitrogen and oxygen atoms in total. The fourth-order valence-corrected chi connectivity index (χ4v) is 2.45. The first-order valence-corrected chi connectivity index (χ1v) is 7.28. The van der Waals surface area contributed by atoms with Crippen LogP contribution < -0.4 is 5.32 Å². The van der Waals surface area contributed by atoms with Gasteiger partial charge in [0.25, 0.3) is 5.91 Å². The van der Waals surface area contributed by atoms with Crippen molar-refractivity contribution in [1.29, 1.82) is 0 Å². The van der Waals surface area contributed by atoms with Crippen LogP contribution in [0.25, 0.3) is 0 Å².